The summed E-state index contributed by atoms with van der Waals surface area (Å²) in [4.78, 5) is 20.9. The van der Waals surface area contributed by atoms with E-state index >= 15 is 0 Å². The fourth-order valence-electron chi connectivity index (χ4n) is 1.03. The van der Waals surface area contributed by atoms with Gasteiger partial charge in [-0.15, -0.1) is 0 Å². The topological polar surface area (TPSA) is 34.1 Å². The van der Waals surface area contributed by atoms with Gasteiger partial charge in [0.25, 0.3) is 0 Å². The first-order chi connectivity index (χ1) is 5.11. The zero-order valence-electron chi connectivity index (χ0n) is 6.87. The molecule has 0 rings (SSSR count). The normalized spacial score (nSPS) is 15.5. The SMILES string of the molecule is CCC(CC(=O)[S-])C(C)C=O. The van der Waals surface area contributed by atoms with Crippen LogP contribution in [-0.2, 0) is 22.2 Å². The minimum atomic E-state index is -0.245. The lowest BCUT2D eigenvalue weighted by atomic mass is 9.90. The maximum absolute atomic E-state index is 10.5. The largest absolute Gasteiger partial charge is 0.742 e. The van der Waals surface area contributed by atoms with Crippen LogP contribution in [0.25, 0.3) is 0 Å². The van der Waals surface area contributed by atoms with E-state index in [1.54, 1.807) is 0 Å². The first-order valence-corrected chi connectivity index (χ1v) is 4.17. The van der Waals surface area contributed by atoms with Gasteiger partial charge in [-0.3, -0.25) is 0 Å². The van der Waals surface area contributed by atoms with Crippen molar-refractivity contribution in [3.63, 3.8) is 0 Å². The van der Waals surface area contributed by atoms with Crippen molar-refractivity contribution >= 4 is 24.0 Å². The van der Waals surface area contributed by atoms with E-state index in [0.717, 1.165) is 12.7 Å². The van der Waals surface area contributed by atoms with Crippen molar-refractivity contribution in [2.45, 2.75) is 26.7 Å². The minimum absolute atomic E-state index is 0.0492. The van der Waals surface area contributed by atoms with Crippen molar-refractivity contribution < 1.29 is 9.59 Å². The van der Waals surface area contributed by atoms with E-state index in [1.165, 1.54) is 0 Å². The van der Waals surface area contributed by atoms with Crippen LogP contribution in [0.1, 0.15) is 26.7 Å². The van der Waals surface area contributed by atoms with E-state index in [1.807, 2.05) is 13.8 Å². The molecule has 2 nitrogen and oxygen atoms in total. The Morgan fingerprint density at radius 2 is 2.18 bits per heavy atom. The first-order valence-electron chi connectivity index (χ1n) is 3.77. The fraction of sp³-hybridized carbons (Fsp3) is 0.750. The van der Waals surface area contributed by atoms with Crippen LogP contribution in [0.2, 0.25) is 0 Å². The first kappa shape index (κ1) is 10.6. The average molecular weight is 173 g/mol. The molecule has 11 heavy (non-hydrogen) atoms. The second kappa shape index (κ2) is 5.24. The summed E-state index contributed by atoms with van der Waals surface area (Å²) in [5.41, 5.74) is 0. The van der Waals surface area contributed by atoms with E-state index in [2.05, 4.69) is 12.6 Å². The highest BCUT2D eigenvalue weighted by Gasteiger charge is 2.13. The maximum Gasteiger partial charge on any atom is 0.123 e. The lowest BCUT2D eigenvalue weighted by Gasteiger charge is -2.18. The van der Waals surface area contributed by atoms with Crippen LogP contribution >= 0.6 is 0 Å². The van der Waals surface area contributed by atoms with Crippen LogP contribution in [-0.4, -0.2) is 11.4 Å². The second-order valence-corrected chi connectivity index (χ2v) is 3.20. The number of carbonyl (C=O) groups excluding carboxylic acids is 2. The van der Waals surface area contributed by atoms with Crippen LogP contribution in [0.4, 0.5) is 0 Å². The van der Waals surface area contributed by atoms with Gasteiger partial charge in [0, 0.05) is 11.0 Å². The molecule has 0 saturated carbocycles. The molecule has 0 amide bonds. The predicted molar refractivity (Wildman–Crippen MR) is 46.0 cm³/mol. The van der Waals surface area contributed by atoms with E-state index in [-0.39, 0.29) is 17.0 Å². The summed E-state index contributed by atoms with van der Waals surface area (Å²) in [6.45, 7) is 3.78. The van der Waals surface area contributed by atoms with Gasteiger partial charge < -0.3 is 22.2 Å². The Morgan fingerprint density at radius 1 is 1.64 bits per heavy atom. The molecule has 0 heterocycles. The van der Waals surface area contributed by atoms with Gasteiger partial charge >= 0.3 is 0 Å². The number of hydrogen-bond donors (Lipinski definition) is 0. The Kier molecular flexibility index (Phi) is 5.03. The standard InChI is InChI=1S/C8H14O2S/c1-3-7(4-8(10)11)6(2)5-9/h5-7H,3-4H2,1-2H3,(H,10,11)/p-1. The molecule has 2 unspecified atom stereocenters. The number of aldehydes is 1. The highest BCUT2D eigenvalue weighted by Crippen LogP contribution is 2.17. The van der Waals surface area contributed by atoms with Gasteiger partial charge in [0.05, 0.1) is 0 Å². The summed E-state index contributed by atoms with van der Waals surface area (Å²) >= 11 is 4.43. The summed E-state index contributed by atoms with van der Waals surface area (Å²) in [6.07, 6.45) is 2.07. The van der Waals surface area contributed by atoms with E-state index < -0.39 is 0 Å². The Balaban J connectivity index is 3.93. The quantitative estimate of drug-likeness (QED) is 0.464. The molecule has 0 aromatic heterocycles. The highest BCUT2D eigenvalue weighted by molar-refractivity contribution is 7.77. The molecule has 0 saturated heterocycles. The Hall–Kier alpha value is -0.440. The molecule has 0 bridgehead atoms. The average Bonchev–Trinajstić information content (AvgIpc) is 1.98. The van der Waals surface area contributed by atoms with Gasteiger partial charge in [-0.2, -0.15) is 0 Å². The van der Waals surface area contributed by atoms with Crippen molar-refractivity contribution in [1.82, 2.24) is 0 Å². The van der Waals surface area contributed by atoms with Crippen molar-refractivity contribution in [1.29, 1.82) is 0 Å². The molecule has 0 aromatic rings. The molecule has 3 heteroatoms. The van der Waals surface area contributed by atoms with Gasteiger partial charge in [-0.05, 0) is 12.3 Å². The number of carbonyl (C=O) groups is 2. The monoisotopic (exact) mass is 173 g/mol. The van der Waals surface area contributed by atoms with Gasteiger partial charge in [-0.1, -0.05) is 20.3 Å². The molecule has 0 aliphatic carbocycles. The molecular formula is C8H13O2S-. The lowest BCUT2D eigenvalue weighted by molar-refractivity contribution is -0.114. The molecule has 0 fully saturated rings. The molecular weight excluding hydrogens is 160 g/mol. The molecule has 0 aliphatic rings. The Bertz CT molecular complexity index is 145. The smallest absolute Gasteiger partial charge is 0.123 e. The van der Waals surface area contributed by atoms with Crippen LogP contribution < -0.4 is 0 Å². The van der Waals surface area contributed by atoms with Crippen molar-refractivity contribution in [3.05, 3.63) is 0 Å². The summed E-state index contributed by atoms with van der Waals surface area (Å²) in [6, 6.07) is 0. The second-order valence-electron chi connectivity index (χ2n) is 2.74. The van der Waals surface area contributed by atoms with Crippen LogP contribution in [0.15, 0.2) is 0 Å². The molecule has 0 radical (unpaired) electrons. The van der Waals surface area contributed by atoms with Gasteiger partial charge in [-0.25, -0.2) is 0 Å². The lowest BCUT2D eigenvalue weighted by Crippen LogP contribution is -2.15. The zero-order chi connectivity index (χ0) is 8.85. The summed E-state index contributed by atoms with van der Waals surface area (Å²) in [5, 5.41) is -0.245. The van der Waals surface area contributed by atoms with E-state index in [0.29, 0.717) is 6.42 Å². The third-order valence-corrected chi connectivity index (χ3v) is 2.08. The number of hydrogen-bond acceptors (Lipinski definition) is 3. The Morgan fingerprint density at radius 3 is 2.45 bits per heavy atom. The summed E-state index contributed by atoms with van der Waals surface area (Å²) in [5.74, 6) is 0.0874. The molecule has 0 spiro atoms. The fourth-order valence-corrected chi connectivity index (χ4v) is 1.24. The third-order valence-electron chi connectivity index (χ3n) is 1.91. The van der Waals surface area contributed by atoms with Crippen molar-refractivity contribution in [3.8, 4) is 0 Å². The van der Waals surface area contributed by atoms with Crippen molar-refractivity contribution in [2.24, 2.45) is 11.8 Å². The Labute approximate surface area is 72.8 Å². The van der Waals surface area contributed by atoms with Crippen molar-refractivity contribution in [2.75, 3.05) is 0 Å². The molecule has 0 N–H and O–H groups in total. The molecule has 0 aromatic carbocycles. The third kappa shape index (κ3) is 4.09. The molecule has 2 atom stereocenters. The van der Waals surface area contributed by atoms with Gasteiger partial charge in [0.15, 0.2) is 0 Å². The van der Waals surface area contributed by atoms with E-state index in [4.69, 9.17) is 0 Å². The molecule has 0 aliphatic heterocycles. The zero-order valence-corrected chi connectivity index (χ0v) is 7.69. The van der Waals surface area contributed by atoms with Gasteiger partial charge in [0.1, 0.15) is 6.29 Å². The van der Waals surface area contributed by atoms with E-state index in [9.17, 15) is 9.59 Å². The predicted octanol–water partition coefficient (Wildman–Crippen LogP) is 1.31. The summed E-state index contributed by atoms with van der Waals surface area (Å²) < 4.78 is 0. The molecule has 64 valence electrons. The van der Waals surface area contributed by atoms with Crippen LogP contribution in [0.3, 0.4) is 0 Å². The minimum Gasteiger partial charge on any atom is -0.742 e. The highest BCUT2D eigenvalue weighted by atomic mass is 32.1. The van der Waals surface area contributed by atoms with Crippen LogP contribution in [0.5, 0.6) is 0 Å². The van der Waals surface area contributed by atoms with Crippen LogP contribution in [0, 0.1) is 11.8 Å². The van der Waals surface area contributed by atoms with Gasteiger partial charge in [0.2, 0.25) is 0 Å². The number of rotatable bonds is 5. The maximum atomic E-state index is 10.5. The summed E-state index contributed by atoms with van der Waals surface area (Å²) in [7, 11) is 0.